The molecule has 0 unspecified atom stereocenters. The van der Waals surface area contributed by atoms with Gasteiger partial charge in [0.15, 0.2) is 0 Å². The van der Waals surface area contributed by atoms with E-state index >= 15 is 0 Å². The van der Waals surface area contributed by atoms with E-state index in [1.54, 1.807) is 20.8 Å². The van der Waals surface area contributed by atoms with Crippen molar-refractivity contribution in [3.63, 3.8) is 0 Å². The van der Waals surface area contributed by atoms with Crippen LogP contribution in [0.25, 0.3) is 0 Å². The molecule has 2 N–H and O–H groups in total. The molecule has 0 aliphatic carbocycles. The van der Waals surface area contributed by atoms with Crippen molar-refractivity contribution in [2.45, 2.75) is 31.2 Å². The number of hydrogen-bond acceptors (Lipinski definition) is 3. The van der Waals surface area contributed by atoms with Crippen molar-refractivity contribution in [2.24, 2.45) is 0 Å². The minimum Gasteiger partial charge on any atom is -0.478 e. The van der Waals surface area contributed by atoms with Gasteiger partial charge in [-0.25, -0.2) is 22.3 Å². The van der Waals surface area contributed by atoms with Crippen molar-refractivity contribution in [1.82, 2.24) is 4.72 Å². The van der Waals surface area contributed by atoms with Crippen LogP contribution < -0.4 is 4.72 Å². The SMILES string of the molecule is CC(C)(C)NS(=O)(=O)c1ccc(F)c(C(=O)O)c1. The lowest BCUT2D eigenvalue weighted by molar-refractivity contribution is 0.0691. The zero-order valence-corrected chi connectivity index (χ0v) is 11.0. The molecule has 0 heterocycles. The molecule has 0 aliphatic rings. The number of aromatic carboxylic acids is 1. The van der Waals surface area contributed by atoms with Crippen LogP contribution in [0.15, 0.2) is 23.1 Å². The van der Waals surface area contributed by atoms with Crippen LogP contribution in [-0.2, 0) is 10.0 Å². The van der Waals surface area contributed by atoms with E-state index < -0.39 is 32.9 Å². The van der Waals surface area contributed by atoms with E-state index in [9.17, 15) is 17.6 Å². The Morgan fingerprint density at radius 3 is 2.33 bits per heavy atom. The van der Waals surface area contributed by atoms with Crippen LogP contribution in [0.4, 0.5) is 4.39 Å². The molecule has 7 heteroatoms. The Bertz CT molecular complexity index is 575. The van der Waals surface area contributed by atoms with Crippen LogP contribution >= 0.6 is 0 Å². The summed E-state index contributed by atoms with van der Waals surface area (Å²) >= 11 is 0. The van der Waals surface area contributed by atoms with Crippen molar-refractivity contribution < 1.29 is 22.7 Å². The standard InChI is InChI=1S/C11H14FNO4S/c1-11(2,3)13-18(16,17)7-4-5-9(12)8(6-7)10(14)15/h4-6,13H,1-3H3,(H,14,15). The average Bonchev–Trinajstić information content (AvgIpc) is 2.13. The molecule has 1 aromatic carbocycles. The molecule has 1 aromatic rings. The van der Waals surface area contributed by atoms with E-state index in [0.29, 0.717) is 0 Å². The number of hydrogen-bond donors (Lipinski definition) is 2. The van der Waals surface area contributed by atoms with Gasteiger partial charge in [-0.1, -0.05) is 0 Å². The first-order chi connectivity index (χ1) is 8.03. The predicted octanol–water partition coefficient (Wildman–Crippen LogP) is 1.60. The van der Waals surface area contributed by atoms with Gasteiger partial charge in [0.05, 0.1) is 10.5 Å². The second-order valence-corrected chi connectivity index (χ2v) is 6.48. The predicted molar refractivity (Wildman–Crippen MR) is 63.4 cm³/mol. The minimum absolute atomic E-state index is 0.281. The maximum absolute atomic E-state index is 13.2. The van der Waals surface area contributed by atoms with Crippen LogP contribution in [0.1, 0.15) is 31.1 Å². The first kappa shape index (κ1) is 14.6. The van der Waals surface area contributed by atoms with Gasteiger partial charge >= 0.3 is 5.97 Å². The Morgan fingerprint density at radius 2 is 1.89 bits per heavy atom. The third kappa shape index (κ3) is 3.51. The maximum atomic E-state index is 13.2. The fraction of sp³-hybridized carbons (Fsp3) is 0.364. The van der Waals surface area contributed by atoms with Crippen LogP contribution in [0, 0.1) is 5.82 Å². The number of carboxylic acids is 1. The summed E-state index contributed by atoms with van der Waals surface area (Å²) in [5, 5.41) is 8.73. The van der Waals surface area contributed by atoms with Gasteiger partial charge in [0, 0.05) is 5.54 Å². The zero-order chi connectivity index (χ0) is 14.1. The number of halogens is 1. The van der Waals surface area contributed by atoms with E-state index in [0.717, 1.165) is 18.2 Å². The topological polar surface area (TPSA) is 83.5 Å². The lowest BCUT2D eigenvalue weighted by atomic mass is 10.1. The molecule has 0 radical (unpaired) electrons. The summed E-state index contributed by atoms with van der Waals surface area (Å²) in [6, 6.07) is 2.64. The largest absolute Gasteiger partial charge is 0.478 e. The number of carboxylic acid groups (broad SMARTS) is 1. The highest BCUT2D eigenvalue weighted by Gasteiger charge is 2.23. The maximum Gasteiger partial charge on any atom is 0.338 e. The van der Waals surface area contributed by atoms with Gasteiger partial charge in [0.2, 0.25) is 10.0 Å². The van der Waals surface area contributed by atoms with Gasteiger partial charge in [-0.3, -0.25) is 0 Å². The van der Waals surface area contributed by atoms with Crippen molar-refractivity contribution in [2.75, 3.05) is 0 Å². The van der Waals surface area contributed by atoms with E-state index in [-0.39, 0.29) is 4.90 Å². The van der Waals surface area contributed by atoms with Gasteiger partial charge in [0.1, 0.15) is 5.82 Å². The minimum atomic E-state index is -3.87. The smallest absolute Gasteiger partial charge is 0.338 e. The van der Waals surface area contributed by atoms with Crippen molar-refractivity contribution in [1.29, 1.82) is 0 Å². The van der Waals surface area contributed by atoms with Crippen molar-refractivity contribution in [3.8, 4) is 0 Å². The van der Waals surface area contributed by atoms with Gasteiger partial charge in [-0.2, -0.15) is 0 Å². The lowest BCUT2D eigenvalue weighted by Gasteiger charge is -2.20. The van der Waals surface area contributed by atoms with Gasteiger partial charge in [-0.15, -0.1) is 0 Å². The Hall–Kier alpha value is -1.47. The van der Waals surface area contributed by atoms with Gasteiger partial charge in [-0.05, 0) is 39.0 Å². The highest BCUT2D eigenvalue weighted by Crippen LogP contribution is 2.17. The first-order valence-electron chi connectivity index (χ1n) is 5.10. The summed E-state index contributed by atoms with van der Waals surface area (Å²) in [7, 11) is -3.87. The monoisotopic (exact) mass is 275 g/mol. The second-order valence-electron chi connectivity index (χ2n) is 4.80. The summed E-state index contributed by atoms with van der Waals surface area (Å²) in [4.78, 5) is 10.4. The molecule has 0 saturated carbocycles. The normalized spacial score (nSPS) is 12.4. The molecule has 18 heavy (non-hydrogen) atoms. The Balaban J connectivity index is 3.27. The summed E-state index contributed by atoms with van der Waals surface area (Å²) in [5.41, 5.74) is -1.39. The average molecular weight is 275 g/mol. The van der Waals surface area contributed by atoms with Crippen LogP contribution in [-0.4, -0.2) is 25.0 Å². The molecule has 0 spiro atoms. The van der Waals surface area contributed by atoms with Crippen molar-refractivity contribution in [3.05, 3.63) is 29.6 Å². The highest BCUT2D eigenvalue weighted by molar-refractivity contribution is 7.89. The second kappa shape index (κ2) is 4.66. The van der Waals surface area contributed by atoms with Crippen LogP contribution in [0.2, 0.25) is 0 Å². The van der Waals surface area contributed by atoms with Crippen molar-refractivity contribution >= 4 is 16.0 Å². The highest BCUT2D eigenvalue weighted by atomic mass is 32.2. The third-order valence-electron chi connectivity index (χ3n) is 1.92. The van der Waals surface area contributed by atoms with E-state index in [4.69, 9.17) is 5.11 Å². The molecule has 5 nitrogen and oxygen atoms in total. The molecular formula is C11H14FNO4S. The van der Waals surface area contributed by atoms with E-state index in [1.165, 1.54) is 0 Å². The first-order valence-corrected chi connectivity index (χ1v) is 6.58. The summed E-state index contributed by atoms with van der Waals surface area (Å²) in [6.07, 6.45) is 0. The molecule has 0 bridgehead atoms. The van der Waals surface area contributed by atoms with E-state index in [1.807, 2.05) is 0 Å². The number of sulfonamides is 1. The molecule has 0 fully saturated rings. The summed E-state index contributed by atoms with van der Waals surface area (Å²) in [5.74, 6) is -2.49. The Labute approximate surface area is 105 Å². The molecular weight excluding hydrogens is 261 g/mol. The van der Waals surface area contributed by atoms with Crippen LogP contribution in [0.3, 0.4) is 0 Å². The number of carbonyl (C=O) groups is 1. The number of benzene rings is 1. The summed E-state index contributed by atoms with van der Waals surface area (Å²) < 4.78 is 39.3. The van der Waals surface area contributed by atoms with Crippen LogP contribution in [0.5, 0.6) is 0 Å². The molecule has 0 aliphatic heterocycles. The lowest BCUT2D eigenvalue weighted by Crippen LogP contribution is -2.40. The molecule has 0 amide bonds. The third-order valence-corrected chi connectivity index (χ3v) is 3.67. The molecule has 1 rings (SSSR count). The molecule has 0 aromatic heterocycles. The Kier molecular flexibility index (Phi) is 3.78. The molecule has 0 saturated heterocycles. The molecule has 100 valence electrons. The van der Waals surface area contributed by atoms with Gasteiger partial charge in [0.25, 0.3) is 0 Å². The fourth-order valence-corrected chi connectivity index (χ4v) is 2.74. The quantitative estimate of drug-likeness (QED) is 0.877. The number of nitrogens with one attached hydrogen (secondary N) is 1. The van der Waals surface area contributed by atoms with E-state index in [2.05, 4.69) is 4.72 Å². The fourth-order valence-electron chi connectivity index (χ4n) is 1.30. The molecule has 0 atom stereocenters. The summed E-state index contributed by atoms with van der Waals surface area (Å²) in [6.45, 7) is 4.94. The zero-order valence-electron chi connectivity index (χ0n) is 10.2. The number of rotatable bonds is 3. The Morgan fingerprint density at radius 1 is 1.33 bits per heavy atom. The van der Waals surface area contributed by atoms with Gasteiger partial charge < -0.3 is 5.11 Å².